The summed E-state index contributed by atoms with van der Waals surface area (Å²) in [5.74, 6) is 0.417. The lowest BCUT2D eigenvalue weighted by atomic mass is 9.99. The monoisotopic (exact) mass is 319 g/mol. The van der Waals surface area contributed by atoms with Crippen molar-refractivity contribution in [1.82, 2.24) is 0 Å². The van der Waals surface area contributed by atoms with Crippen LogP contribution in [0.2, 0.25) is 0 Å². The minimum absolute atomic E-state index is 0.138. The smallest absolute Gasteiger partial charge is 0.310 e. The third kappa shape index (κ3) is 7.54. The number of aromatic hydroxyl groups is 1. The molecule has 0 amide bonds. The number of phenols is 1. The molecule has 0 aliphatic rings. The van der Waals surface area contributed by atoms with Gasteiger partial charge in [0.1, 0.15) is 5.75 Å². The van der Waals surface area contributed by atoms with Crippen molar-refractivity contribution in [2.75, 3.05) is 6.61 Å². The summed E-state index contributed by atoms with van der Waals surface area (Å²) in [7, 11) is 0. The van der Waals surface area contributed by atoms with Crippen molar-refractivity contribution in [2.45, 2.75) is 72.1 Å². The number of esters is 1. The lowest BCUT2D eigenvalue weighted by Crippen LogP contribution is -2.16. The molecule has 1 unspecified atom stereocenters. The Morgan fingerprint density at radius 3 is 2.61 bits per heavy atom. The number of ether oxygens (including phenoxy) is 1. The molecule has 1 radical (unpaired) electrons. The third-order valence-electron chi connectivity index (χ3n) is 4.28. The summed E-state index contributed by atoms with van der Waals surface area (Å²) >= 11 is 0. The number of aryl methyl sites for hydroxylation is 1. The maximum Gasteiger partial charge on any atom is 0.310 e. The van der Waals surface area contributed by atoms with E-state index >= 15 is 0 Å². The molecule has 0 spiro atoms. The quantitative estimate of drug-likeness (QED) is 0.594. The first-order chi connectivity index (χ1) is 11.1. The molecule has 0 aliphatic heterocycles. The highest BCUT2D eigenvalue weighted by molar-refractivity contribution is 5.73. The van der Waals surface area contributed by atoms with E-state index < -0.39 is 0 Å². The van der Waals surface area contributed by atoms with Crippen LogP contribution in [-0.2, 0) is 22.4 Å². The van der Waals surface area contributed by atoms with E-state index in [9.17, 15) is 9.90 Å². The van der Waals surface area contributed by atoms with Crippen molar-refractivity contribution >= 4 is 5.97 Å². The molecule has 0 fully saturated rings. The summed E-state index contributed by atoms with van der Waals surface area (Å²) < 4.78 is 5.47. The molecule has 0 saturated heterocycles. The molecular formula is C20H31O3. The highest BCUT2D eigenvalue weighted by Gasteiger charge is 2.13. The van der Waals surface area contributed by atoms with Crippen LogP contribution >= 0.6 is 0 Å². The van der Waals surface area contributed by atoms with Crippen molar-refractivity contribution in [2.24, 2.45) is 5.92 Å². The third-order valence-corrected chi connectivity index (χ3v) is 4.28. The van der Waals surface area contributed by atoms with E-state index in [2.05, 4.69) is 26.8 Å². The van der Waals surface area contributed by atoms with Crippen LogP contribution in [-0.4, -0.2) is 17.7 Å². The molecule has 1 N–H and O–H groups in total. The summed E-state index contributed by atoms with van der Waals surface area (Å²) in [6.07, 6.45) is 7.78. The fourth-order valence-electron chi connectivity index (χ4n) is 2.63. The van der Waals surface area contributed by atoms with Crippen LogP contribution in [0, 0.1) is 12.0 Å². The van der Waals surface area contributed by atoms with Crippen LogP contribution in [0.4, 0.5) is 0 Å². The van der Waals surface area contributed by atoms with Crippen molar-refractivity contribution < 1.29 is 14.6 Å². The Morgan fingerprint density at radius 2 is 1.96 bits per heavy atom. The molecule has 0 aromatic heterocycles. The second-order valence-electron chi connectivity index (χ2n) is 6.25. The second kappa shape index (κ2) is 11.1. The van der Waals surface area contributed by atoms with Gasteiger partial charge in [-0.25, -0.2) is 0 Å². The number of hydrogen-bond acceptors (Lipinski definition) is 3. The topological polar surface area (TPSA) is 46.5 Å². The fourth-order valence-corrected chi connectivity index (χ4v) is 2.63. The largest absolute Gasteiger partial charge is 0.507 e. The second-order valence-corrected chi connectivity index (χ2v) is 6.25. The Balaban J connectivity index is 2.56. The zero-order chi connectivity index (χ0) is 17.1. The van der Waals surface area contributed by atoms with Gasteiger partial charge in [0.05, 0.1) is 13.0 Å². The Morgan fingerprint density at radius 1 is 1.22 bits per heavy atom. The van der Waals surface area contributed by atoms with E-state index in [0.29, 0.717) is 12.5 Å². The van der Waals surface area contributed by atoms with Gasteiger partial charge in [-0.15, -0.1) is 0 Å². The average Bonchev–Trinajstić information content (AvgIpc) is 2.55. The molecule has 3 nitrogen and oxygen atoms in total. The molecule has 0 bridgehead atoms. The summed E-state index contributed by atoms with van der Waals surface area (Å²) in [6.45, 7) is 6.97. The normalized spacial score (nSPS) is 12.1. The molecule has 129 valence electrons. The fraction of sp³-hybridized carbons (Fsp3) is 0.650. The zero-order valence-corrected chi connectivity index (χ0v) is 14.9. The summed E-state index contributed by atoms with van der Waals surface area (Å²) in [6, 6.07) is 6.21. The van der Waals surface area contributed by atoms with Gasteiger partial charge in [0.15, 0.2) is 0 Å². The molecule has 1 aromatic carbocycles. The van der Waals surface area contributed by atoms with Gasteiger partial charge in [0, 0.05) is 6.07 Å². The van der Waals surface area contributed by atoms with Gasteiger partial charge >= 0.3 is 5.97 Å². The molecule has 23 heavy (non-hydrogen) atoms. The number of unbranched alkanes of at least 4 members (excludes halogenated alkanes) is 2. The van der Waals surface area contributed by atoms with Crippen LogP contribution in [0.1, 0.15) is 70.4 Å². The van der Waals surface area contributed by atoms with Gasteiger partial charge in [-0.05, 0) is 48.4 Å². The van der Waals surface area contributed by atoms with E-state index in [-0.39, 0.29) is 18.1 Å². The lowest BCUT2D eigenvalue weighted by molar-refractivity contribution is -0.144. The van der Waals surface area contributed by atoms with Gasteiger partial charge in [-0.3, -0.25) is 4.79 Å². The van der Waals surface area contributed by atoms with E-state index in [1.807, 2.05) is 0 Å². The average molecular weight is 319 g/mol. The molecule has 0 saturated carbocycles. The number of phenolic OH excluding ortho intramolecular Hbond substituents is 1. The van der Waals surface area contributed by atoms with Crippen molar-refractivity contribution in [1.29, 1.82) is 0 Å². The van der Waals surface area contributed by atoms with E-state index in [0.717, 1.165) is 43.2 Å². The summed E-state index contributed by atoms with van der Waals surface area (Å²) in [5.41, 5.74) is 1.95. The predicted octanol–water partition coefficient (Wildman–Crippen LogP) is 4.84. The standard InChI is InChI=1S/C20H31O3/c1-4-7-9-16(6-3)15-23-20(22)14-18-11-12-19(21)13-17(18)10-8-5-2/h11,13,16,21H,4-10,14-15H2,1-3H3. The molecule has 0 aliphatic carbocycles. The van der Waals surface area contributed by atoms with Gasteiger partial charge in [-0.1, -0.05) is 46.5 Å². The molecule has 1 rings (SSSR count). The SMILES string of the molecule is CCCCc1cc(O)[c]cc1CC(=O)OCC(CC)CCCC. The van der Waals surface area contributed by atoms with Gasteiger partial charge in [0.2, 0.25) is 0 Å². The Kier molecular flexibility index (Phi) is 9.42. The van der Waals surface area contributed by atoms with Gasteiger partial charge in [0.25, 0.3) is 0 Å². The van der Waals surface area contributed by atoms with Crippen LogP contribution in [0.3, 0.4) is 0 Å². The van der Waals surface area contributed by atoms with Crippen LogP contribution in [0.5, 0.6) is 5.75 Å². The van der Waals surface area contributed by atoms with Gasteiger partial charge in [-0.2, -0.15) is 0 Å². The van der Waals surface area contributed by atoms with Crippen LogP contribution in [0.25, 0.3) is 0 Å². The minimum atomic E-state index is -0.184. The first-order valence-electron chi connectivity index (χ1n) is 8.98. The summed E-state index contributed by atoms with van der Waals surface area (Å²) in [5, 5.41) is 9.59. The lowest BCUT2D eigenvalue weighted by Gasteiger charge is -2.15. The van der Waals surface area contributed by atoms with E-state index in [1.165, 1.54) is 12.8 Å². The summed E-state index contributed by atoms with van der Waals surface area (Å²) in [4.78, 5) is 12.1. The van der Waals surface area contributed by atoms with Crippen molar-refractivity contribution in [3.63, 3.8) is 0 Å². The van der Waals surface area contributed by atoms with E-state index in [1.54, 1.807) is 12.1 Å². The molecular weight excluding hydrogens is 288 g/mol. The maximum atomic E-state index is 12.1. The Bertz CT molecular complexity index is 468. The highest BCUT2D eigenvalue weighted by atomic mass is 16.5. The van der Waals surface area contributed by atoms with Crippen LogP contribution < -0.4 is 0 Å². The predicted molar refractivity (Wildman–Crippen MR) is 93.5 cm³/mol. The Hall–Kier alpha value is -1.51. The van der Waals surface area contributed by atoms with Crippen LogP contribution in [0.15, 0.2) is 12.1 Å². The van der Waals surface area contributed by atoms with Crippen molar-refractivity contribution in [3.8, 4) is 5.75 Å². The van der Waals surface area contributed by atoms with E-state index in [4.69, 9.17) is 4.74 Å². The molecule has 3 heteroatoms. The minimum Gasteiger partial charge on any atom is -0.507 e. The first-order valence-corrected chi connectivity index (χ1v) is 8.98. The maximum absolute atomic E-state index is 12.1. The molecule has 1 aromatic rings. The zero-order valence-electron chi connectivity index (χ0n) is 14.9. The van der Waals surface area contributed by atoms with Crippen molar-refractivity contribution in [3.05, 3.63) is 29.3 Å². The van der Waals surface area contributed by atoms with Gasteiger partial charge < -0.3 is 9.84 Å². The molecule has 0 heterocycles. The first kappa shape index (κ1) is 19.5. The number of carbonyl (C=O) groups excluding carboxylic acids is 1. The number of benzene rings is 1. The number of hydrogen-bond donors (Lipinski definition) is 1. The molecule has 1 atom stereocenters. The number of rotatable bonds is 11. The highest BCUT2D eigenvalue weighted by Crippen LogP contribution is 2.20. The Labute approximate surface area is 141 Å². The number of carbonyl (C=O) groups is 1.